The Kier molecular flexibility index (Phi) is 3.02. The van der Waals surface area contributed by atoms with E-state index >= 15 is 0 Å². The zero-order valence-electron chi connectivity index (χ0n) is 8.02. The largest absolute Gasteiger partial charge is 1.00 e. The molecule has 2 aromatic rings. The summed E-state index contributed by atoms with van der Waals surface area (Å²) in [4.78, 5) is 10.0. The summed E-state index contributed by atoms with van der Waals surface area (Å²) >= 11 is 0. The number of nitro groups is 1. The van der Waals surface area contributed by atoms with Gasteiger partial charge in [-0.3, -0.25) is 15.2 Å². The summed E-state index contributed by atoms with van der Waals surface area (Å²) < 4.78 is 0. The van der Waals surface area contributed by atoms with E-state index < -0.39 is 4.92 Å². The van der Waals surface area contributed by atoms with Crippen molar-refractivity contribution in [3.05, 3.63) is 34.5 Å². The number of non-ortho nitro benzene ring substituents is 1. The van der Waals surface area contributed by atoms with E-state index in [-0.39, 0.29) is 36.7 Å². The van der Waals surface area contributed by atoms with E-state index in [4.69, 9.17) is 0 Å². The van der Waals surface area contributed by atoms with Crippen molar-refractivity contribution in [3.8, 4) is 0 Å². The van der Waals surface area contributed by atoms with Gasteiger partial charge in [0.1, 0.15) is 5.52 Å². The van der Waals surface area contributed by atoms with Gasteiger partial charge < -0.3 is 1.43 Å². The van der Waals surface area contributed by atoms with Gasteiger partial charge in [-0.25, -0.2) is 0 Å². The molecule has 0 unspecified atom stereocenters. The first-order chi connectivity index (χ1) is 5.79. The Morgan fingerprint density at radius 3 is 3.00 bits per heavy atom. The van der Waals surface area contributed by atoms with Gasteiger partial charge in [-0.05, 0) is 0 Å². The van der Waals surface area contributed by atoms with E-state index in [9.17, 15) is 10.1 Å². The molecule has 6 heteroatoms. The fourth-order valence-corrected chi connectivity index (χ4v) is 1.11. The summed E-state index contributed by atoms with van der Waals surface area (Å²) in [6.45, 7) is 0. The number of para-hydroxylation sites is 1. The van der Waals surface area contributed by atoms with Gasteiger partial charge in [-0.1, -0.05) is 12.1 Å². The summed E-state index contributed by atoms with van der Waals surface area (Å²) in [5.41, 5.74) is 0.535. The molecule has 1 heterocycles. The summed E-state index contributed by atoms with van der Waals surface area (Å²) in [5, 5.41) is 17.5. The molecule has 62 valence electrons. The predicted octanol–water partition coefficient (Wildman–Crippen LogP) is -1.41. The Bertz CT molecular complexity index is 445. The summed E-state index contributed by atoms with van der Waals surface area (Å²) in [6, 6.07) is 4.85. The van der Waals surface area contributed by atoms with Crippen LogP contribution in [0, 0.1) is 10.1 Å². The maximum atomic E-state index is 10.5. The Morgan fingerprint density at radius 2 is 2.31 bits per heavy atom. The first kappa shape index (κ1) is 10.2. The van der Waals surface area contributed by atoms with Gasteiger partial charge in [-0.2, -0.15) is 5.10 Å². The second-order valence-electron chi connectivity index (χ2n) is 2.37. The van der Waals surface area contributed by atoms with Gasteiger partial charge in [0.25, 0.3) is 5.69 Å². The Morgan fingerprint density at radius 1 is 1.54 bits per heavy atom. The average molecular weight is 187 g/mol. The number of H-pyrrole nitrogens is 1. The number of nitrogens with one attached hydrogen (secondary N) is 1. The number of hydrogen-bond donors (Lipinski definition) is 1. The third-order valence-electron chi connectivity index (χ3n) is 1.65. The maximum absolute atomic E-state index is 10.5. The number of aromatic amines is 1. The first-order valence-corrected chi connectivity index (χ1v) is 3.35. The normalized spacial score (nSPS) is 9.54. The van der Waals surface area contributed by atoms with Crippen LogP contribution in [-0.2, 0) is 0 Å². The fraction of sp³-hybridized carbons (Fsp3) is 0. The van der Waals surface area contributed by atoms with Crippen LogP contribution < -0.4 is 29.6 Å². The van der Waals surface area contributed by atoms with Crippen molar-refractivity contribution in [1.29, 1.82) is 0 Å². The molecule has 1 aromatic heterocycles. The molecule has 0 spiro atoms. The predicted molar refractivity (Wildman–Crippen MR) is 43.9 cm³/mol. The van der Waals surface area contributed by atoms with Crippen LogP contribution in [0.3, 0.4) is 0 Å². The van der Waals surface area contributed by atoms with E-state index in [1.807, 2.05) is 0 Å². The van der Waals surface area contributed by atoms with Crippen molar-refractivity contribution in [2.24, 2.45) is 0 Å². The second-order valence-corrected chi connectivity index (χ2v) is 2.37. The summed E-state index contributed by atoms with van der Waals surface area (Å²) in [5.74, 6) is 0. The zero-order chi connectivity index (χ0) is 8.55. The zero-order valence-corrected chi connectivity index (χ0v) is 9.02. The molecule has 0 saturated heterocycles. The van der Waals surface area contributed by atoms with Crippen LogP contribution in [0.1, 0.15) is 1.43 Å². The third kappa shape index (κ3) is 1.72. The molecule has 0 aliphatic heterocycles. The molecule has 0 aliphatic rings. The monoisotopic (exact) mass is 187 g/mol. The smallest absolute Gasteiger partial charge is 1.00 e. The standard InChI is InChI=1S/C7H5N3O2.Na.H/c11-10(12)6-3-1-2-5-4-8-9-7(5)6;;/h1-4H,(H,8,9);;/q;+1;-1. The fourth-order valence-electron chi connectivity index (χ4n) is 1.11. The Labute approximate surface area is 97.1 Å². The molecule has 2 rings (SSSR count). The molecule has 0 atom stereocenters. The van der Waals surface area contributed by atoms with Crippen LogP contribution in [0.25, 0.3) is 10.9 Å². The number of nitrogens with zero attached hydrogens (tertiary/aromatic N) is 2. The van der Waals surface area contributed by atoms with E-state index in [1.54, 1.807) is 18.3 Å². The van der Waals surface area contributed by atoms with Gasteiger partial charge in [0.2, 0.25) is 0 Å². The van der Waals surface area contributed by atoms with Crippen LogP contribution in [0.2, 0.25) is 0 Å². The topological polar surface area (TPSA) is 71.8 Å². The molecular formula is C7H6N3NaO2. The maximum Gasteiger partial charge on any atom is 1.00 e. The Hall–Kier alpha value is -0.910. The number of aromatic nitrogens is 2. The average Bonchev–Trinajstić information content (AvgIpc) is 2.49. The quantitative estimate of drug-likeness (QED) is 0.338. The van der Waals surface area contributed by atoms with Crippen molar-refractivity contribution in [2.75, 3.05) is 0 Å². The molecule has 0 bridgehead atoms. The minimum atomic E-state index is -0.430. The molecule has 0 amide bonds. The third-order valence-corrected chi connectivity index (χ3v) is 1.65. The van der Waals surface area contributed by atoms with Gasteiger partial charge in [0.05, 0.1) is 11.1 Å². The summed E-state index contributed by atoms with van der Waals surface area (Å²) in [7, 11) is 0. The van der Waals surface area contributed by atoms with Gasteiger partial charge in [-0.15, -0.1) is 0 Å². The number of nitro benzene ring substituents is 1. The number of rotatable bonds is 1. The van der Waals surface area contributed by atoms with E-state index in [2.05, 4.69) is 10.2 Å². The van der Waals surface area contributed by atoms with Gasteiger partial charge in [0, 0.05) is 11.5 Å². The summed E-state index contributed by atoms with van der Waals surface area (Å²) in [6.07, 6.45) is 1.56. The molecule has 0 fully saturated rings. The molecule has 1 N–H and O–H groups in total. The van der Waals surface area contributed by atoms with E-state index in [1.165, 1.54) is 6.07 Å². The molecule has 13 heavy (non-hydrogen) atoms. The van der Waals surface area contributed by atoms with Crippen LogP contribution in [0.5, 0.6) is 0 Å². The number of benzene rings is 1. The van der Waals surface area contributed by atoms with E-state index in [0.717, 1.165) is 5.39 Å². The van der Waals surface area contributed by atoms with Gasteiger partial charge in [0.15, 0.2) is 0 Å². The SMILES string of the molecule is O=[N+]([O-])c1cccc2cn[nH]c12.[H-].[Na+]. The van der Waals surface area contributed by atoms with E-state index in [0.29, 0.717) is 5.52 Å². The van der Waals surface area contributed by atoms with Crippen LogP contribution in [0.15, 0.2) is 24.4 Å². The number of hydrogen-bond acceptors (Lipinski definition) is 3. The minimum absolute atomic E-state index is 0. The van der Waals surface area contributed by atoms with Gasteiger partial charge >= 0.3 is 29.6 Å². The van der Waals surface area contributed by atoms with Crippen LogP contribution in [-0.4, -0.2) is 15.1 Å². The van der Waals surface area contributed by atoms with Crippen molar-refractivity contribution in [2.45, 2.75) is 0 Å². The molecular weight excluding hydrogens is 181 g/mol. The van der Waals surface area contributed by atoms with Crippen molar-refractivity contribution < 1.29 is 35.9 Å². The van der Waals surface area contributed by atoms with Crippen LogP contribution in [0.4, 0.5) is 5.69 Å². The molecule has 0 saturated carbocycles. The van der Waals surface area contributed by atoms with Crippen LogP contribution >= 0.6 is 0 Å². The first-order valence-electron chi connectivity index (χ1n) is 3.35. The second kappa shape index (κ2) is 3.87. The molecule has 1 aromatic carbocycles. The molecule has 5 nitrogen and oxygen atoms in total. The number of fused-ring (bicyclic) bond motifs is 1. The van der Waals surface area contributed by atoms with Crippen molar-refractivity contribution >= 4 is 16.6 Å². The molecule has 0 radical (unpaired) electrons. The Balaban J connectivity index is 0.000000845. The van der Waals surface area contributed by atoms with Crippen molar-refractivity contribution in [1.82, 2.24) is 10.2 Å². The minimum Gasteiger partial charge on any atom is -1.00 e. The molecule has 0 aliphatic carbocycles. The van der Waals surface area contributed by atoms with Crippen molar-refractivity contribution in [3.63, 3.8) is 0 Å².